The third-order valence-corrected chi connectivity index (χ3v) is 4.26. The van der Waals surface area contributed by atoms with E-state index < -0.39 is 5.97 Å². The number of esters is 1. The monoisotopic (exact) mass is 379 g/mol. The lowest BCUT2D eigenvalue weighted by molar-refractivity contribution is -0.138. The molecule has 0 radical (unpaired) electrons. The van der Waals surface area contributed by atoms with E-state index in [1.165, 1.54) is 7.11 Å². The number of hydrogen-bond donors (Lipinski definition) is 1. The van der Waals surface area contributed by atoms with Crippen LogP contribution in [0.5, 0.6) is 11.5 Å². The van der Waals surface area contributed by atoms with Gasteiger partial charge in [-0.15, -0.1) is 0 Å². The summed E-state index contributed by atoms with van der Waals surface area (Å²) >= 11 is 0. The number of benzene rings is 2. The molecule has 2 aromatic rings. The van der Waals surface area contributed by atoms with Crippen molar-refractivity contribution >= 4 is 23.6 Å². The Bertz CT molecular complexity index is 960. The third-order valence-electron chi connectivity index (χ3n) is 4.26. The Balaban J connectivity index is 2.12. The highest BCUT2D eigenvalue weighted by atomic mass is 16.5. The zero-order chi connectivity index (χ0) is 20.1. The third kappa shape index (κ3) is 3.76. The number of carbonyl (C=O) groups is 2. The van der Waals surface area contributed by atoms with Crippen LogP contribution in [-0.4, -0.2) is 32.7 Å². The topological polar surface area (TPSA) is 73.9 Å². The fourth-order valence-corrected chi connectivity index (χ4v) is 2.98. The molecule has 144 valence electrons. The van der Waals surface area contributed by atoms with Crippen molar-refractivity contribution in [3.63, 3.8) is 0 Å². The molecule has 0 unspecified atom stereocenters. The molecule has 1 heterocycles. The summed E-state index contributed by atoms with van der Waals surface area (Å²) in [6, 6.07) is 14.5. The van der Waals surface area contributed by atoms with Gasteiger partial charge >= 0.3 is 5.97 Å². The number of ether oxygens (including phenoxy) is 3. The Morgan fingerprint density at radius 1 is 1.04 bits per heavy atom. The molecule has 6 heteroatoms. The van der Waals surface area contributed by atoms with Gasteiger partial charge in [0.05, 0.1) is 37.7 Å². The minimum absolute atomic E-state index is 0.211. The van der Waals surface area contributed by atoms with Crippen LogP contribution in [0.3, 0.4) is 0 Å². The molecule has 0 fully saturated rings. The van der Waals surface area contributed by atoms with Crippen LogP contribution in [-0.2, 0) is 14.3 Å². The quantitative estimate of drug-likeness (QED) is 0.616. The smallest absolute Gasteiger partial charge is 0.341 e. The van der Waals surface area contributed by atoms with Crippen molar-refractivity contribution < 1.29 is 23.8 Å². The molecule has 0 saturated heterocycles. The molecule has 1 N–H and O–H groups in total. The summed E-state index contributed by atoms with van der Waals surface area (Å²) < 4.78 is 15.8. The molecule has 1 aliphatic heterocycles. The summed E-state index contributed by atoms with van der Waals surface area (Å²) in [4.78, 5) is 25.3. The highest BCUT2D eigenvalue weighted by molar-refractivity contribution is 6.23. The average molecular weight is 379 g/mol. The highest BCUT2D eigenvalue weighted by Crippen LogP contribution is 2.33. The van der Waals surface area contributed by atoms with Gasteiger partial charge in [0, 0.05) is 0 Å². The Morgan fingerprint density at radius 3 is 2.39 bits per heavy atom. The van der Waals surface area contributed by atoms with Crippen molar-refractivity contribution in [2.75, 3.05) is 20.8 Å². The highest BCUT2D eigenvalue weighted by Gasteiger charge is 2.33. The van der Waals surface area contributed by atoms with Crippen LogP contribution < -0.4 is 14.8 Å². The second kappa shape index (κ2) is 8.43. The molecule has 6 nitrogen and oxygen atoms in total. The van der Waals surface area contributed by atoms with Gasteiger partial charge in [-0.2, -0.15) is 0 Å². The van der Waals surface area contributed by atoms with E-state index in [4.69, 9.17) is 14.2 Å². The fourth-order valence-electron chi connectivity index (χ4n) is 2.98. The minimum atomic E-state index is -0.550. The molecule has 1 aliphatic rings. The summed E-state index contributed by atoms with van der Waals surface area (Å²) in [5.41, 5.74) is 2.32. The Morgan fingerprint density at radius 2 is 1.75 bits per heavy atom. The molecular weight excluding hydrogens is 358 g/mol. The predicted molar refractivity (Wildman–Crippen MR) is 106 cm³/mol. The van der Waals surface area contributed by atoms with E-state index in [1.807, 2.05) is 30.3 Å². The van der Waals surface area contributed by atoms with Gasteiger partial charge in [0.25, 0.3) is 5.91 Å². The first kappa shape index (κ1) is 19.2. The van der Waals surface area contributed by atoms with Crippen LogP contribution in [0.2, 0.25) is 0 Å². The maximum absolute atomic E-state index is 12.7. The van der Waals surface area contributed by atoms with Gasteiger partial charge in [0.15, 0.2) is 11.5 Å². The number of nitrogens with one attached hydrogen (secondary N) is 1. The first-order chi connectivity index (χ1) is 13.6. The maximum atomic E-state index is 12.7. The van der Waals surface area contributed by atoms with Crippen LogP contribution in [0, 0.1) is 0 Å². The number of carbonyl (C=O) groups excluding carboxylic acids is 2. The SMILES string of the molecule is CCOC(=O)C1=C(c2ccccc2)NC(=O)C1=Cc1ccc(OC)c(OC)c1. The van der Waals surface area contributed by atoms with Crippen LogP contribution >= 0.6 is 0 Å². The van der Waals surface area contributed by atoms with Gasteiger partial charge in [0.1, 0.15) is 0 Å². The van der Waals surface area contributed by atoms with Crippen molar-refractivity contribution in [1.82, 2.24) is 5.32 Å². The van der Waals surface area contributed by atoms with E-state index in [0.717, 1.165) is 5.56 Å². The van der Waals surface area contributed by atoms with Crippen LogP contribution in [0.4, 0.5) is 0 Å². The molecule has 28 heavy (non-hydrogen) atoms. The summed E-state index contributed by atoms with van der Waals surface area (Å²) in [6.45, 7) is 1.94. The summed E-state index contributed by atoms with van der Waals surface area (Å²) in [5, 5.41) is 2.80. The van der Waals surface area contributed by atoms with Gasteiger partial charge < -0.3 is 19.5 Å². The van der Waals surface area contributed by atoms with Gasteiger partial charge in [-0.05, 0) is 36.3 Å². The fraction of sp³-hybridized carbons (Fsp3) is 0.182. The van der Waals surface area contributed by atoms with E-state index >= 15 is 0 Å². The molecule has 2 aromatic carbocycles. The van der Waals surface area contributed by atoms with Gasteiger partial charge in [-0.25, -0.2) is 4.79 Å². The predicted octanol–water partition coefficient (Wildman–Crippen LogP) is 3.19. The van der Waals surface area contributed by atoms with E-state index in [-0.39, 0.29) is 23.7 Å². The molecule has 0 atom stereocenters. The minimum Gasteiger partial charge on any atom is -0.493 e. The van der Waals surface area contributed by atoms with Crippen molar-refractivity contribution in [3.05, 3.63) is 70.8 Å². The number of hydrogen-bond acceptors (Lipinski definition) is 5. The average Bonchev–Trinajstić information content (AvgIpc) is 3.05. The zero-order valence-corrected chi connectivity index (χ0v) is 15.9. The normalized spacial score (nSPS) is 14.8. The van der Waals surface area contributed by atoms with Crippen LogP contribution in [0.1, 0.15) is 18.1 Å². The van der Waals surface area contributed by atoms with Crippen molar-refractivity contribution in [1.29, 1.82) is 0 Å². The Labute approximate surface area is 163 Å². The van der Waals surface area contributed by atoms with Crippen LogP contribution in [0.25, 0.3) is 11.8 Å². The molecule has 0 aromatic heterocycles. The second-order valence-electron chi connectivity index (χ2n) is 5.96. The molecule has 0 spiro atoms. The van der Waals surface area contributed by atoms with Gasteiger partial charge in [-0.3, -0.25) is 4.79 Å². The largest absolute Gasteiger partial charge is 0.493 e. The number of methoxy groups -OCH3 is 2. The summed E-state index contributed by atoms with van der Waals surface area (Å²) in [5.74, 6) is 0.190. The first-order valence-electron chi connectivity index (χ1n) is 8.81. The number of amides is 1. The van der Waals surface area contributed by atoms with E-state index in [0.29, 0.717) is 22.8 Å². The first-order valence-corrected chi connectivity index (χ1v) is 8.81. The lowest BCUT2D eigenvalue weighted by Crippen LogP contribution is -2.15. The lowest BCUT2D eigenvalue weighted by Gasteiger charge is -2.09. The molecule has 3 rings (SSSR count). The molecule has 0 aliphatic carbocycles. The maximum Gasteiger partial charge on any atom is 0.341 e. The summed E-state index contributed by atoms with van der Waals surface area (Å²) in [6.07, 6.45) is 1.64. The van der Waals surface area contributed by atoms with E-state index in [2.05, 4.69) is 5.32 Å². The van der Waals surface area contributed by atoms with Crippen LogP contribution in [0.15, 0.2) is 59.7 Å². The number of rotatable bonds is 6. The van der Waals surface area contributed by atoms with E-state index in [9.17, 15) is 9.59 Å². The van der Waals surface area contributed by atoms with Crippen molar-refractivity contribution in [2.24, 2.45) is 0 Å². The second-order valence-corrected chi connectivity index (χ2v) is 5.96. The molecule has 0 saturated carbocycles. The van der Waals surface area contributed by atoms with Gasteiger partial charge in [-0.1, -0.05) is 36.4 Å². The van der Waals surface area contributed by atoms with E-state index in [1.54, 1.807) is 38.3 Å². The molecular formula is C22H21NO5. The summed E-state index contributed by atoms with van der Waals surface area (Å²) in [7, 11) is 3.09. The standard InChI is InChI=1S/C22H21NO5/c1-4-28-22(25)19-16(12-14-10-11-17(26-2)18(13-14)27-3)21(24)23-20(19)15-8-6-5-7-9-15/h5-13H,4H2,1-3H3,(H,23,24). The lowest BCUT2D eigenvalue weighted by atomic mass is 10.0. The van der Waals surface area contributed by atoms with Crippen molar-refractivity contribution in [2.45, 2.75) is 6.92 Å². The molecule has 1 amide bonds. The van der Waals surface area contributed by atoms with Gasteiger partial charge in [0.2, 0.25) is 0 Å². The Hall–Kier alpha value is -3.54. The molecule has 0 bridgehead atoms. The Kier molecular flexibility index (Phi) is 5.79. The zero-order valence-electron chi connectivity index (χ0n) is 15.9. The van der Waals surface area contributed by atoms with Crippen molar-refractivity contribution in [3.8, 4) is 11.5 Å².